The molecular weight excluding hydrogens is 524 g/mol. The van der Waals surface area contributed by atoms with Crippen molar-refractivity contribution in [1.82, 2.24) is 0 Å². The summed E-state index contributed by atoms with van der Waals surface area (Å²) in [7, 11) is 0. The van der Waals surface area contributed by atoms with Gasteiger partial charge in [0.15, 0.2) is 17.2 Å². The third-order valence-corrected chi connectivity index (χ3v) is 9.95. The zero-order chi connectivity index (χ0) is 30.4. The molecule has 0 saturated heterocycles. The van der Waals surface area contributed by atoms with Crippen molar-refractivity contribution in [3.63, 3.8) is 0 Å². The van der Waals surface area contributed by atoms with Gasteiger partial charge in [0.05, 0.1) is 17.2 Å². The van der Waals surface area contributed by atoms with Crippen LogP contribution in [-0.2, 0) is 20.8 Å². The lowest BCUT2D eigenvalue weighted by Gasteiger charge is -2.64. The van der Waals surface area contributed by atoms with Gasteiger partial charge in [-0.2, -0.15) is 0 Å². The Morgan fingerprint density at radius 1 is 1.02 bits per heavy atom. The molecule has 0 aliphatic heterocycles. The summed E-state index contributed by atoms with van der Waals surface area (Å²) in [5.41, 5.74) is -5.20. The number of ketones is 3. The number of benzene rings is 2. The van der Waals surface area contributed by atoms with Gasteiger partial charge in [-0.05, 0) is 43.4 Å². The van der Waals surface area contributed by atoms with E-state index in [4.69, 9.17) is 0 Å². The first kappa shape index (κ1) is 28.8. The van der Waals surface area contributed by atoms with Crippen LogP contribution in [-0.4, -0.2) is 54.6 Å². The third-order valence-electron chi connectivity index (χ3n) is 9.95. The molecule has 1 fully saturated rings. The van der Waals surface area contributed by atoms with Gasteiger partial charge in [0.2, 0.25) is 5.78 Å². The molecule has 2 aromatic carbocycles. The minimum atomic E-state index is -2.91. The van der Waals surface area contributed by atoms with Crippen LogP contribution in [0.3, 0.4) is 0 Å². The van der Waals surface area contributed by atoms with Gasteiger partial charge in [-0.1, -0.05) is 69.7 Å². The Balaban J connectivity index is 1.90. The summed E-state index contributed by atoms with van der Waals surface area (Å²) in [6.07, 6.45) is -1.39. The summed E-state index contributed by atoms with van der Waals surface area (Å²) in [5.74, 6) is -7.25. The number of aryl methyl sites for hydroxylation is 1. The molecule has 8 nitrogen and oxygen atoms in total. The molecule has 6 atom stereocenters. The topological polar surface area (TPSA) is 152 Å². The Labute approximate surface area is 238 Å². The maximum absolute atomic E-state index is 14.6. The molecule has 2 aromatic rings. The van der Waals surface area contributed by atoms with Crippen LogP contribution in [0.4, 0.5) is 0 Å². The van der Waals surface area contributed by atoms with Crippen LogP contribution in [0, 0.1) is 29.6 Å². The minimum Gasteiger partial charge on any atom is -0.508 e. The van der Waals surface area contributed by atoms with Gasteiger partial charge >= 0.3 is 0 Å². The summed E-state index contributed by atoms with van der Waals surface area (Å²) < 4.78 is 0. The predicted octanol–water partition coefficient (Wildman–Crippen LogP) is 4.25. The number of hydrogen-bond donors (Lipinski definition) is 5. The van der Waals surface area contributed by atoms with Gasteiger partial charge in [-0.25, -0.2) is 0 Å². The molecule has 0 bridgehead atoms. The van der Waals surface area contributed by atoms with Crippen molar-refractivity contribution in [2.45, 2.75) is 65.6 Å². The SMILES string of the molecule is CC(=O)C1=C(O)[C@]2(O)C(=O)C3=C(O)c4c(O)cccc4[C@@H](Cc4cccc(C)c4)[C@]3(C)[C@@H](O)[C@]2(C)C(C(C)C)C1=O. The Kier molecular flexibility index (Phi) is 6.40. The number of phenolic OH excluding ortho intramolecular Hbond substituents is 1. The van der Waals surface area contributed by atoms with Crippen LogP contribution in [0.15, 0.2) is 59.4 Å². The third kappa shape index (κ3) is 3.44. The normalized spacial score (nSPS) is 33.0. The molecule has 216 valence electrons. The highest BCUT2D eigenvalue weighted by Crippen LogP contribution is 2.68. The van der Waals surface area contributed by atoms with Crippen molar-refractivity contribution < 1.29 is 39.9 Å². The van der Waals surface area contributed by atoms with E-state index in [9.17, 15) is 39.9 Å². The molecule has 0 heterocycles. The summed E-state index contributed by atoms with van der Waals surface area (Å²) in [4.78, 5) is 41.0. The van der Waals surface area contributed by atoms with Crippen LogP contribution in [0.25, 0.3) is 5.76 Å². The van der Waals surface area contributed by atoms with Gasteiger partial charge in [-0.3, -0.25) is 14.4 Å². The molecule has 5 N–H and O–H groups in total. The fourth-order valence-electron chi connectivity index (χ4n) is 8.12. The average molecular weight is 561 g/mol. The fraction of sp³-hybridized carbons (Fsp3) is 0.424. The van der Waals surface area contributed by atoms with E-state index in [2.05, 4.69) is 0 Å². The van der Waals surface area contributed by atoms with Gasteiger partial charge in [-0.15, -0.1) is 0 Å². The van der Waals surface area contributed by atoms with E-state index >= 15 is 0 Å². The van der Waals surface area contributed by atoms with E-state index in [1.54, 1.807) is 32.9 Å². The van der Waals surface area contributed by atoms with Gasteiger partial charge in [0.1, 0.15) is 22.8 Å². The highest BCUT2D eigenvalue weighted by molar-refractivity contribution is 6.24. The van der Waals surface area contributed by atoms with Crippen molar-refractivity contribution in [3.05, 3.63) is 81.6 Å². The van der Waals surface area contributed by atoms with E-state index < -0.39 is 74.7 Å². The number of rotatable bonds is 4. The highest BCUT2D eigenvalue weighted by atomic mass is 16.4. The highest BCUT2D eigenvalue weighted by Gasteiger charge is 2.77. The second-order valence-corrected chi connectivity index (χ2v) is 12.6. The lowest BCUT2D eigenvalue weighted by atomic mass is 9.40. The smallest absolute Gasteiger partial charge is 0.203 e. The molecule has 0 aromatic heterocycles. The second-order valence-electron chi connectivity index (χ2n) is 12.6. The lowest BCUT2D eigenvalue weighted by Crippen LogP contribution is -2.75. The first-order valence-corrected chi connectivity index (χ1v) is 13.8. The van der Waals surface area contributed by atoms with Crippen LogP contribution in [0.1, 0.15) is 62.8 Å². The number of aliphatic hydroxyl groups excluding tert-OH is 3. The van der Waals surface area contributed by atoms with Gasteiger partial charge in [0, 0.05) is 22.7 Å². The Hall–Kier alpha value is -3.75. The fourth-order valence-corrected chi connectivity index (χ4v) is 8.12. The van der Waals surface area contributed by atoms with Crippen molar-refractivity contribution in [1.29, 1.82) is 0 Å². The molecule has 0 spiro atoms. The zero-order valence-corrected chi connectivity index (χ0v) is 24.0. The first-order chi connectivity index (χ1) is 19.1. The molecule has 8 heteroatoms. The van der Waals surface area contributed by atoms with Crippen molar-refractivity contribution in [2.24, 2.45) is 22.7 Å². The Bertz CT molecular complexity index is 1580. The molecule has 0 radical (unpaired) electrons. The largest absolute Gasteiger partial charge is 0.508 e. The average Bonchev–Trinajstić information content (AvgIpc) is 2.88. The van der Waals surface area contributed by atoms with Crippen molar-refractivity contribution in [2.75, 3.05) is 0 Å². The number of phenols is 1. The molecular formula is C33H36O8. The number of aromatic hydroxyl groups is 1. The van der Waals surface area contributed by atoms with Crippen LogP contribution in [0.5, 0.6) is 5.75 Å². The maximum Gasteiger partial charge on any atom is 0.203 e. The monoisotopic (exact) mass is 560 g/mol. The van der Waals surface area contributed by atoms with E-state index in [0.29, 0.717) is 5.56 Å². The quantitative estimate of drug-likeness (QED) is 0.348. The number of allylic oxidation sites excluding steroid dienone is 1. The Morgan fingerprint density at radius 3 is 2.24 bits per heavy atom. The summed E-state index contributed by atoms with van der Waals surface area (Å²) >= 11 is 0. The minimum absolute atomic E-state index is 0.00654. The molecule has 3 aliphatic carbocycles. The molecule has 1 saturated carbocycles. The summed E-state index contributed by atoms with van der Waals surface area (Å²) in [5, 5.41) is 58.7. The number of aliphatic hydroxyl groups is 4. The van der Waals surface area contributed by atoms with Crippen LogP contribution < -0.4 is 0 Å². The van der Waals surface area contributed by atoms with E-state index in [0.717, 1.165) is 18.1 Å². The lowest BCUT2D eigenvalue weighted by molar-refractivity contribution is -0.216. The van der Waals surface area contributed by atoms with E-state index in [1.807, 2.05) is 31.2 Å². The van der Waals surface area contributed by atoms with E-state index in [-0.39, 0.29) is 23.3 Å². The molecule has 41 heavy (non-hydrogen) atoms. The number of carbonyl (C=O) groups is 3. The number of carbonyl (C=O) groups excluding carboxylic acids is 3. The number of fused-ring (bicyclic) bond motifs is 3. The maximum atomic E-state index is 14.6. The molecule has 1 unspecified atom stereocenters. The zero-order valence-electron chi connectivity index (χ0n) is 24.0. The standard InChI is InChI=1S/C33H36O8/c1-15(2)24-26(36)22(17(4)34)28(38)33(41)29(39)25-27(37)23-19(11-8-12-21(23)35)20(14-18-10-7-9-16(3)13-18)31(25,5)30(40)32(24,33)6/h7-13,15,20,24,30,35,37-38,40-41H,14H2,1-6H3/t20-,24?,30-,31+,32+,33+/m1/s1. The first-order valence-electron chi connectivity index (χ1n) is 13.8. The van der Waals surface area contributed by atoms with Crippen LogP contribution in [0.2, 0.25) is 0 Å². The van der Waals surface area contributed by atoms with E-state index in [1.165, 1.54) is 13.0 Å². The molecule has 0 amide bonds. The van der Waals surface area contributed by atoms with Gasteiger partial charge in [0.25, 0.3) is 0 Å². The van der Waals surface area contributed by atoms with Gasteiger partial charge < -0.3 is 25.5 Å². The Morgan fingerprint density at radius 2 is 1.66 bits per heavy atom. The number of hydrogen-bond acceptors (Lipinski definition) is 8. The molecule has 5 rings (SSSR count). The summed E-state index contributed by atoms with van der Waals surface area (Å²) in [6.45, 7) is 9.38. The predicted molar refractivity (Wildman–Crippen MR) is 151 cm³/mol. The summed E-state index contributed by atoms with van der Waals surface area (Å²) in [6, 6.07) is 12.4. The van der Waals surface area contributed by atoms with Crippen molar-refractivity contribution in [3.8, 4) is 5.75 Å². The second kappa shape index (κ2) is 9.13. The number of Topliss-reactive ketones (excluding diaryl/α,β-unsaturated/α-hetero) is 3. The van der Waals surface area contributed by atoms with Crippen LogP contribution >= 0.6 is 0 Å². The molecule has 3 aliphatic rings. The van der Waals surface area contributed by atoms with Crippen molar-refractivity contribution >= 4 is 23.1 Å².